The Hall–Kier alpha value is -2.64. The second kappa shape index (κ2) is 10.4. The van der Waals surface area contributed by atoms with Crippen molar-refractivity contribution in [2.24, 2.45) is 0 Å². The van der Waals surface area contributed by atoms with Gasteiger partial charge in [0.2, 0.25) is 5.91 Å². The van der Waals surface area contributed by atoms with Crippen LogP contribution in [0.5, 0.6) is 0 Å². The molecule has 2 aromatic carbocycles. The van der Waals surface area contributed by atoms with Crippen molar-refractivity contribution in [1.29, 1.82) is 0 Å². The highest BCUT2D eigenvalue weighted by Crippen LogP contribution is 2.22. The molecule has 3 rings (SSSR count). The molecule has 1 amide bonds. The van der Waals surface area contributed by atoms with Crippen LogP contribution >= 0.6 is 11.8 Å². The van der Waals surface area contributed by atoms with E-state index in [0.29, 0.717) is 35.8 Å². The van der Waals surface area contributed by atoms with Crippen LogP contribution in [0.3, 0.4) is 0 Å². The van der Waals surface area contributed by atoms with Crippen molar-refractivity contribution in [2.45, 2.75) is 31.6 Å². The van der Waals surface area contributed by atoms with Gasteiger partial charge in [0.25, 0.3) is 5.56 Å². The minimum absolute atomic E-state index is 0.0136. The molecule has 0 aliphatic carbocycles. The van der Waals surface area contributed by atoms with Crippen LogP contribution in [-0.4, -0.2) is 46.4 Å². The Kier molecular flexibility index (Phi) is 7.65. The molecular weight excluding hydrogens is 398 g/mol. The Labute approximate surface area is 180 Å². The Morgan fingerprint density at radius 2 is 1.87 bits per heavy atom. The van der Waals surface area contributed by atoms with Gasteiger partial charge >= 0.3 is 0 Å². The molecular formula is C23H27N3O3S. The summed E-state index contributed by atoms with van der Waals surface area (Å²) in [4.78, 5) is 32.5. The van der Waals surface area contributed by atoms with Gasteiger partial charge in [-0.05, 0) is 31.5 Å². The largest absolute Gasteiger partial charge is 0.383 e. The van der Waals surface area contributed by atoms with Crippen molar-refractivity contribution >= 4 is 28.6 Å². The van der Waals surface area contributed by atoms with Gasteiger partial charge in [-0.25, -0.2) is 4.98 Å². The lowest BCUT2D eigenvalue weighted by Crippen LogP contribution is -2.32. The predicted octanol–water partition coefficient (Wildman–Crippen LogP) is 3.74. The molecule has 6 nitrogen and oxygen atoms in total. The lowest BCUT2D eigenvalue weighted by Gasteiger charge is -2.22. The number of hydrogen-bond donors (Lipinski definition) is 0. The van der Waals surface area contributed by atoms with Crippen LogP contribution in [0.15, 0.2) is 64.5 Å². The third-order valence-electron chi connectivity index (χ3n) is 4.90. The molecule has 0 aliphatic rings. The predicted molar refractivity (Wildman–Crippen MR) is 121 cm³/mol. The van der Waals surface area contributed by atoms with Crippen LogP contribution in [0.1, 0.15) is 25.5 Å². The van der Waals surface area contributed by atoms with Gasteiger partial charge in [0.1, 0.15) is 0 Å². The fourth-order valence-electron chi connectivity index (χ4n) is 3.33. The number of hydrogen-bond acceptors (Lipinski definition) is 5. The highest BCUT2D eigenvalue weighted by Gasteiger charge is 2.19. The number of thioether (sulfide) groups is 1. The number of benzene rings is 2. The number of para-hydroxylation sites is 1. The van der Waals surface area contributed by atoms with Crippen molar-refractivity contribution in [3.8, 4) is 0 Å². The molecule has 158 valence electrons. The van der Waals surface area contributed by atoms with Crippen LogP contribution in [0, 0.1) is 0 Å². The number of amides is 1. The standard InChI is InChI=1S/C23H27N3O3S/c1-4-25(14-18-10-6-5-7-11-18)21(27)16-30-23-24-20-13-9-8-12-19(20)22(28)26(23)17(2)15-29-3/h5-13,17H,4,14-16H2,1-3H3. The Morgan fingerprint density at radius 1 is 1.17 bits per heavy atom. The smallest absolute Gasteiger partial charge is 0.262 e. The quantitative estimate of drug-likeness (QED) is 0.386. The molecule has 1 heterocycles. The second-order valence-corrected chi connectivity index (χ2v) is 8.02. The van der Waals surface area contributed by atoms with Crippen molar-refractivity contribution in [2.75, 3.05) is 26.0 Å². The van der Waals surface area contributed by atoms with Gasteiger partial charge in [0, 0.05) is 20.2 Å². The number of carbonyl (C=O) groups is 1. The monoisotopic (exact) mass is 425 g/mol. The summed E-state index contributed by atoms with van der Waals surface area (Å²) < 4.78 is 6.89. The van der Waals surface area contributed by atoms with E-state index in [-0.39, 0.29) is 23.3 Å². The minimum atomic E-state index is -0.191. The molecule has 7 heteroatoms. The highest BCUT2D eigenvalue weighted by molar-refractivity contribution is 7.99. The zero-order valence-corrected chi connectivity index (χ0v) is 18.4. The van der Waals surface area contributed by atoms with Gasteiger partial charge in [0.15, 0.2) is 5.16 Å². The van der Waals surface area contributed by atoms with Gasteiger partial charge in [-0.1, -0.05) is 54.2 Å². The van der Waals surface area contributed by atoms with Crippen molar-refractivity contribution in [3.63, 3.8) is 0 Å². The maximum atomic E-state index is 13.1. The van der Waals surface area contributed by atoms with Crippen molar-refractivity contribution in [1.82, 2.24) is 14.5 Å². The summed E-state index contributed by atoms with van der Waals surface area (Å²) in [6.45, 7) is 5.45. The molecule has 0 radical (unpaired) electrons. The van der Waals surface area contributed by atoms with Gasteiger partial charge < -0.3 is 9.64 Å². The van der Waals surface area contributed by atoms with Crippen molar-refractivity contribution < 1.29 is 9.53 Å². The maximum absolute atomic E-state index is 13.1. The van der Waals surface area contributed by atoms with Crippen LogP contribution in [-0.2, 0) is 16.1 Å². The van der Waals surface area contributed by atoms with Gasteiger partial charge in [-0.3, -0.25) is 14.2 Å². The molecule has 0 saturated carbocycles. The van der Waals surface area contributed by atoms with E-state index in [1.807, 2.05) is 67.3 Å². The number of fused-ring (bicyclic) bond motifs is 1. The SMILES string of the molecule is CCN(Cc1ccccc1)C(=O)CSc1nc2ccccc2c(=O)n1C(C)COC. The number of methoxy groups -OCH3 is 1. The average molecular weight is 426 g/mol. The molecule has 30 heavy (non-hydrogen) atoms. The molecule has 0 bridgehead atoms. The summed E-state index contributed by atoms with van der Waals surface area (Å²) in [5, 5.41) is 1.10. The van der Waals surface area contributed by atoms with Crippen LogP contribution in [0.2, 0.25) is 0 Å². The average Bonchev–Trinajstić information content (AvgIpc) is 2.76. The molecule has 1 unspecified atom stereocenters. The molecule has 0 N–H and O–H groups in total. The first-order valence-electron chi connectivity index (χ1n) is 9.99. The maximum Gasteiger partial charge on any atom is 0.262 e. The van der Waals surface area contributed by atoms with Crippen LogP contribution < -0.4 is 5.56 Å². The molecule has 0 fully saturated rings. The molecule has 1 atom stereocenters. The van der Waals surface area contributed by atoms with Crippen molar-refractivity contribution in [3.05, 3.63) is 70.5 Å². The molecule has 0 spiro atoms. The fourth-order valence-corrected chi connectivity index (χ4v) is 4.33. The first-order chi connectivity index (χ1) is 14.5. The lowest BCUT2D eigenvalue weighted by molar-refractivity contribution is -0.128. The van der Waals surface area contributed by atoms with E-state index in [4.69, 9.17) is 4.74 Å². The Balaban J connectivity index is 1.84. The molecule has 1 aromatic heterocycles. The molecule has 0 aliphatic heterocycles. The summed E-state index contributed by atoms with van der Waals surface area (Å²) >= 11 is 1.30. The van der Waals surface area contributed by atoms with E-state index in [0.717, 1.165) is 5.56 Å². The molecule has 0 saturated heterocycles. The van der Waals surface area contributed by atoms with Crippen LogP contribution in [0.25, 0.3) is 10.9 Å². The summed E-state index contributed by atoms with van der Waals surface area (Å²) in [7, 11) is 1.61. The Bertz CT molecular complexity index is 1050. The normalized spacial score (nSPS) is 12.1. The second-order valence-electron chi connectivity index (χ2n) is 7.07. The minimum Gasteiger partial charge on any atom is -0.383 e. The highest BCUT2D eigenvalue weighted by atomic mass is 32.2. The number of rotatable bonds is 9. The van der Waals surface area contributed by atoms with E-state index in [1.54, 1.807) is 17.7 Å². The number of carbonyl (C=O) groups excluding carboxylic acids is 1. The van der Waals surface area contributed by atoms with Gasteiger partial charge in [-0.2, -0.15) is 0 Å². The van der Waals surface area contributed by atoms with E-state index in [1.165, 1.54) is 11.8 Å². The summed E-state index contributed by atoms with van der Waals surface area (Å²) in [5.74, 6) is 0.227. The summed E-state index contributed by atoms with van der Waals surface area (Å²) in [5.41, 5.74) is 1.61. The lowest BCUT2D eigenvalue weighted by atomic mass is 10.2. The summed E-state index contributed by atoms with van der Waals surface area (Å²) in [6.07, 6.45) is 0. The first-order valence-corrected chi connectivity index (χ1v) is 11.0. The third-order valence-corrected chi connectivity index (χ3v) is 5.84. The molecule has 3 aromatic rings. The fraction of sp³-hybridized carbons (Fsp3) is 0.348. The first kappa shape index (κ1) is 22.1. The van der Waals surface area contributed by atoms with E-state index >= 15 is 0 Å². The zero-order chi connectivity index (χ0) is 21.5. The number of aromatic nitrogens is 2. The zero-order valence-electron chi connectivity index (χ0n) is 17.6. The van der Waals surface area contributed by atoms with E-state index < -0.39 is 0 Å². The Morgan fingerprint density at radius 3 is 2.57 bits per heavy atom. The number of ether oxygens (including phenoxy) is 1. The van der Waals surface area contributed by atoms with Gasteiger partial charge in [0.05, 0.1) is 29.3 Å². The van der Waals surface area contributed by atoms with E-state index in [9.17, 15) is 9.59 Å². The topological polar surface area (TPSA) is 64.4 Å². The number of nitrogens with zero attached hydrogens (tertiary/aromatic N) is 3. The van der Waals surface area contributed by atoms with E-state index in [2.05, 4.69) is 4.98 Å². The summed E-state index contributed by atoms with van der Waals surface area (Å²) in [6, 6.07) is 17.0. The van der Waals surface area contributed by atoms with Gasteiger partial charge in [-0.15, -0.1) is 0 Å². The van der Waals surface area contributed by atoms with Crippen LogP contribution in [0.4, 0.5) is 0 Å². The third kappa shape index (κ3) is 5.09.